The number of aromatic nitrogens is 2. The highest BCUT2D eigenvalue weighted by Crippen LogP contribution is 2.35. The predicted molar refractivity (Wildman–Crippen MR) is 52.1 cm³/mol. The first-order valence-electron chi connectivity index (χ1n) is 5.00. The van der Waals surface area contributed by atoms with Gasteiger partial charge >= 0.3 is 0 Å². The van der Waals surface area contributed by atoms with E-state index in [-0.39, 0.29) is 6.04 Å². The lowest BCUT2D eigenvalue weighted by Gasteiger charge is -2.10. The van der Waals surface area contributed by atoms with E-state index in [2.05, 4.69) is 4.98 Å². The largest absolute Gasteiger partial charge is 0.337 e. The molecule has 3 heteroatoms. The van der Waals surface area contributed by atoms with Crippen molar-refractivity contribution in [2.24, 2.45) is 18.7 Å². The van der Waals surface area contributed by atoms with Crippen LogP contribution in [0.15, 0.2) is 12.4 Å². The highest BCUT2D eigenvalue weighted by atomic mass is 15.1. The molecule has 1 aromatic rings. The van der Waals surface area contributed by atoms with Crippen molar-refractivity contribution in [2.45, 2.75) is 31.7 Å². The van der Waals surface area contributed by atoms with Gasteiger partial charge in [0.15, 0.2) is 0 Å². The summed E-state index contributed by atoms with van der Waals surface area (Å²) in [5, 5.41) is 0. The molecule has 1 aliphatic carbocycles. The number of rotatable bonds is 4. The van der Waals surface area contributed by atoms with Gasteiger partial charge in [-0.3, -0.25) is 0 Å². The molecule has 1 saturated carbocycles. The van der Waals surface area contributed by atoms with E-state index in [1.165, 1.54) is 19.3 Å². The summed E-state index contributed by atoms with van der Waals surface area (Å²) >= 11 is 0. The summed E-state index contributed by atoms with van der Waals surface area (Å²) in [5.41, 5.74) is 6.03. The minimum Gasteiger partial charge on any atom is -0.337 e. The van der Waals surface area contributed by atoms with E-state index >= 15 is 0 Å². The molecule has 1 aromatic heterocycles. The smallest absolute Gasteiger partial charge is 0.125 e. The van der Waals surface area contributed by atoms with Crippen LogP contribution in [0.3, 0.4) is 0 Å². The SMILES string of the molecule is Cn1ccnc1C(N)CCC1CC1. The Hall–Kier alpha value is -0.830. The van der Waals surface area contributed by atoms with E-state index in [0.717, 1.165) is 18.2 Å². The standard InChI is InChI=1S/C10H17N3/c1-13-7-6-12-10(13)9(11)5-4-8-2-3-8/h6-9H,2-5,11H2,1H3. The maximum absolute atomic E-state index is 6.03. The van der Waals surface area contributed by atoms with Crippen LogP contribution in [0.25, 0.3) is 0 Å². The first kappa shape index (κ1) is 8.75. The lowest BCUT2D eigenvalue weighted by atomic mass is 10.1. The van der Waals surface area contributed by atoms with Crippen LogP contribution in [0.4, 0.5) is 0 Å². The van der Waals surface area contributed by atoms with Crippen molar-refractivity contribution in [1.82, 2.24) is 9.55 Å². The summed E-state index contributed by atoms with van der Waals surface area (Å²) in [6.45, 7) is 0. The Morgan fingerprint density at radius 1 is 1.69 bits per heavy atom. The van der Waals surface area contributed by atoms with Crippen molar-refractivity contribution < 1.29 is 0 Å². The van der Waals surface area contributed by atoms with Crippen LogP contribution in [0.1, 0.15) is 37.5 Å². The maximum Gasteiger partial charge on any atom is 0.125 e. The molecule has 0 amide bonds. The Kier molecular flexibility index (Phi) is 2.36. The van der Waals surface area contributed by atoms with Crippen molar-refractivity contribution in [3.8, 4) is 0 Å². The minimum absolute atomic E-state index is 0.126. The lowest BCUT2D eigenvalue weighted by molar-refractivity contribution is 0.538. The average Bonchev–Trinajstić information content (AvgIpc) is 2.84. The Morgan fingerprint density at radius 3 is 3.00 bits per heavy atom. The molecule has 3 nitrogen and oxygen atoms in total. The fraction of sp³-hybridized carbons (Fsp3) is 0.700. The highest BCUT2D eigenvalue weighted by Gasteiger charge is 2.22. The van der Waals surface area contributed by atoms with Gasteiger partial charge in [0.25, 0.3) is 0 Å². The zero-order valence-electron chi connectivity index (χ0n) is 8.11. The third kappa shape index (κ3) is 2.10. The van der Waals surface area contributed by atoms with Crippen molar-refractivity contribution in [3.05, 3.63) is 18.2 Å². The molecular formula is C10H17N3. The van der Waals surface area contributed by atoms with E-state index in [1.807, 2.05) is 24.0 Å². The molecule has 1 atom stereocenters. The summed E-state index contributed by atoms with van der Waals surface area (Å²) in [6, 6.07) is 0.126. The third-order valence-corrected chi connectivity index (χ3v) is 2.77. The van der Waals surface area contributed by atoms with Gasteiger partial charge in [-0.15, -0.1) is 0 Å². The van der Waals surface area contributed by atoms with Gasteiger partial charge in [-0.2, -0.15) is 0 Å². The Morgan fingerprint density at radius 2 is 2.46 bits per heavy atom. The Balaban J connectivity index is 1.88. The van der Waals surface area contributed by atoms with Crippen molar-refractivity contribution in [2.75, 3.05) is 0 Å². The summed E-state index contributed by atoms with van der Waals surface area (Å²) in [4.78, 5) is 4.25. The summed E-state index contributed by atoms with van der Waals surface area (Å²) < 4.78 is 2.01. The van der Waals surface area contributed by atoms with Gasteiger partial charge in [0.05, 0.1) is 6.04 Å². The molecule has 1 unspecified atom stereocenters. The van der Waals surface area contributed by atoms with Crippen molar-refractivity contribution in [3.63, 3.8) is 0 Å². The molecule has 0 radical (unpaired) electrons. The molecule has 0 aromatic carbocycles. The van der Waals surface area contributed by atoms with Crippen LogP contribution in [0.5, 0.6) is 0 Å². The molecule has 13 heavy (non-hydrogen) atoms. The van der Waals surface area contributed by atoms with E-state index in [9.17, 15) is 0 Å². The zero-order valence-corrected chi connectivity index (χ0v) is 8.11. The number of hydrogen-bond acceptors (Lipinski definition) is 2. The maximum atomic E-state index is 6.03. The summed E-state index contributed by atoms with van der Waals surface area (Å²) in [5.74, 6) is 1.98. The van der Waals surface area contributed by atoms with Gasteiger partial charge in [-0.25, -0.2) is 4.98 Å². The number of hydrogen-bond donors (Lipinski definition) is 1. The first-order valence-corrected chi connectivity index (χ1v) is 5.00. The molecule has 1 aliphatic rings. The second-order valence-corrected chi connectivity index (χ2v) is 4.02. The lowest BCUT2D eigenvalue weighted by Crippen LogP contribution is -2.15. The molecular weight excluding hydrogens is 162 g/mol. The van der Waals surface area contributed by atoms with Gasteiger partial charge in [-0.05, 0) is 18.8 Å². The van der Waals surface area contributed by atoms with Crippen LogP contribution in [0.2, 0.25) is 0 Å². The molecule has 0 aliphatic heterocycles. The normalized spacial score (nSPS) is 18.9. The minimum atomic E-state index is 0.126. The summed E-state index contributed by atoms with van der Waals surface area (Å²) in [7, 11) is 2.00. The van der Waals surface area contributed by atoms with Crippen LogP contribution in [0, 0.1) is 5.92 Å². The Labute approximate surface area is 79.0 Å². The quantitative estimate of drug-likeness (QED) is 0.763. The molecule has 2 N–H and O–H groups in total. The molecule has 2 rings (SSSR count). The van der Waals surface area contributed by atoms with E-state index in [0.29, 0.717) is 0 Å². The van der Waals surface area contributed by atoms with E-state index in [1.54, 1.807) is 0 Å². The predicted octanol–water partition coefficient (Wildman–Crippen LogP) is 1.61. The van der Waals surface area contributed by atoms with Crippen LogP contribution >= 0.6 is 0 Å². The second kappa shape index (κ2) is 3.50. The van der Waals surface area contributed by atoms with Gasteiger partial charge in [-0.1, -0.05) is 12.8 Å². The summed E-state index contributed by atoms with van der Waals surface area (Å²) in [6.07, 6.45) is 8.93. The number of aryl methyl sites for hydroxylation is 1. The van der Waals surface area contributed by atoms with Crippen molar-refractivity contribution >= 4 is 0 Å². The molecule has 1 heterocycles. The van der Waals surface area contributed by atoms with E-state index < -0.39 is 0 Å². The number of nitrogens with two attached hydrogens (primary N) is 1. The molecule has 72 valence electrons. The highest BCUT2D eigenvalue weighted by molar-refractivity contribution is 4.97. The monoisotopic (exact) mass is 179 g/mol. The number of nitrogens with zero attached hydrogens (tertiary/aromatic N) is 2. The molecule has 0 spiro atoms. The number of imidazole rings is 1. The van der Waals surface area contributed by atoms with Crippen LogP contribution in [-0.4, -0.2) is 9.55 Å². The van der Waals surface area contributed by atoms with E-state index in [4.69, 9.17) is 5.73 Å². The topological polar surface area (TPSA) is 43.8 Å². The molecule has 1 fully saturated rings. The zero-order chi connectivity index (χ0) is 9.26. The first-order chi connectivity index (χ1) is 6.27. The van der Waals surface area contributed by atoms with Gasteiger partial charge in [0, 0.05) is 19.4 Å². The van der Waals surface area contributed by atoms with Gasteiger partial charge < -0.3 is 10.3 Å². The molecule has 0 saturated heterocycles. The van der Waals surface area contributed by atoms with Crippen LogP contribution < -0.4 is 5.73 Å². The van der Waals surface area contributed by atoms with Crippen molar-refractivity contribution in [1.29, 1.82) is 0 Å². The fourth-order valence-electron chi connectivity index (χ4n) is 1.69. The fourth-order valence-corrected chi connectivity index (χ4v) is 1.69. The van der Waals surface area contributed by atoms with Gasteiger partial charge in [0.2, 0.25) is 0 Å². The Bertz CT molecular complexity index is 275. The van der Waals surface area contributed by atoms with Gasteiger partial charge in [0.1, 0.15) is 5.82 Å². The molecule has 0 bridgehead atoms. The van der Waals surface area contributed by atoms with Crippen LogP contribution in [-0.2, 0) is 7.05 Å². The third-order valence-electron chi connectivity index (χ3n) is 2.77. The second-order valence-electron chi connectivity index (χ2n) is 4.02. The average molecular weight is 179 g/mol.